The summed E-state index contributed by atoms with van der Waals surface area (Å²) >= 11 is 0. The van der Waals surface area contributed by atoms with Gasteiger partial charge in [0.2, 0.25) is 0 Å². The third-order valence-electron chi connectivity index (χ3n) is 3.81. The Morgan fingerprint density at radius 3 is 2.47 bits per heavy atom. The van der Waals surface area contributed by atoms with E-state index in [4.69, 9.17) is 0 Å². The molecule has 1 N–H and O–H groups in total. The van der Waals surface area contributed by atoms with Crippen LogP contribution in [0, 0.1) is 6.92 Å². The monoisotopic (exact) mass is 249 g/mol. The summed E-state index contributed by atoms with van der Waals surface area (Å²) < 4.78 is 0. The number of nitrogens with one attached hydrogen (secondary N) is 1. The van der Waals surface area contributed by atoms with Gasteiger partial charge in [-0.2, -0.15) is 0 Å². The Labute approximate surface area is 114 Å². The van der Waals surface area contributed by atoms with Gasteiger partial charge in [0.05, 0.1) is 0 Å². The van der Waals surface area contributed by atoms with Crippen LogP contribution < -0.4 is 0 Å². The van der Waals surface area contributed by atoms with Crippen molar-refractivity contribution in [2.45, 2.75) is 26.7 Å². The van der Waals surface area contributed by atoms with Crippen molar-refractivity contribution < 1.29 is 0 Å². The lowest BCUT2D eigenvalue weighted by Gasteiger charge is -2.18. The molecule has 1 aliphatic rings. The lowest BCUT2D eigenvalue weighted by molar-refractivity contribution is 0.980. The lowest BCUT2D eigenvalue weighted by atomic mass is 9.88. The molecular formula is C18H19N. The first-order valence-corrected chi connectivity index (χ1v) is 6.85. The van der Waals surface area contributed by atoms with Gasteiger partial charge in [-0.05, 0) is 61.1 Å². The molecule has 0 fully saturated rings. The summed E-state index contributed by atoms with van der Waals surface area (Å²) in [6, 6.07) is 12.9. The van der Waals surface area contributed by atoms with Gasteiger partial charge in [0.15, 0.2) is 0 Å². The maximum atomic E-state index is 3.38. The molecule has 0 radical (unpaired) electrons. The Morgan fingerprint density at radius 2 is 1.79 bits per heavy atom. The second-order valence-corrected chi connectivity index (χ2v) is 5.32. The third-order valence-corrected chi connectivity index (χ3v) is 3.81. The summed E-state index contributed by atoms with van der Waals surface area (Å²) in [7, 11) is 0. The number of benzene rings is 1. The van der Waals surface area contributed by atoms with Crippen LogP contribution in [0.3, 0.4) is 0 Å². The summed E-state index contributed by atoms with van der Waals surface area (Å²) in [6.07, 6.45) is 6.70. The van der Waals surface area contributed by atoms with E-state index in [0.717, 1.165) is 12.8 Å². The van der Waals surface area contributed by atoms with Gasteiger partial charge in [0, 0.05) is 11.9 Å². The minimum Gasteiger partial charge on any atom is -0.361 e. The van der Waals surface area contributed by atoms with E-state index in [0.29, 0.717) is 0 Å². The van der Waals surface area contributed by atoms with Crippen LogP contribution in [0.15, 0.2) is 54.2 Å². The fourth-order valence-corrected chi connectivity index (χ4v) is 2.67. The second kappa shape index (κ2) is 4.93. The number of allylic oxidation sites excluding steroid dienone is 4. The van der Waals surface area contributed by atoms with Gasteiger partial charge in [-0.25, -0.2) is 0 Å². The highest BCUT2D eigenvalue weighted by molar-refractivity contribution is 5.86. The molecule has 0 unspecified atom stereocenters. The van der Waals surface area contributed by atoms with Crippen LogP contribution in [-0.2, 0) is 0 Å². The molecule has 0 atom stereocenters. The second-order valence-electron chi connectivity index (χ2n) is 5.32. The standard InChI is InChI=1S/C18H19N/c1-13-10-18(19-12-13)17-11-16(9-8-14(17)2)15-6-4-3-5-7-15/h3-7,10-12,19H,8-9H2,1-2H3. The molecule has 1 aromatic carbocycles. The molecule has 3 rings (SSSR count). The minimum absolute atomic E-state index is 1.14. The van der Waals surface area contributed by atoms with Gasteiger partial charge in [-0.15, -0.1) is 0 Å². The van der Waals surface area contributed by atoms with E-state index >= 15 is 0 Å². The summed E-state index contributed by atoms with van der Waals surface area (Å²) in [4.78, 5) is 3.38. The number of hydrogen-bond acceptors (Lipinski definition) is 0. The molecule has 19 heavy (non-hydrogen) atoms. The van der Waals surface area contributed by atoms with Crippen LogP contribution in [-0.4, -0.2) is 4.98 Å². The van der Waals surface area contributed by atoms with E-state index in [1.165, 1.54) is 33.5 Å². The highest BCUT2D eigenvalue weighted by Gasteiger charge is 2.14. The number of aromatic amines is 1. The normalized spacial score (nSPS) is 15.6. The number of aromatic nitrogens is 1. The molecule has 0 saturated carbocycles. The number of H-pyrrole nitrogens is 1. The maximum absolute atomic E-state index is 3.38. The van der Waals surface area contributed by atoms with Crippen molar-refractivity contribution in [3.05, 3.63) is 71.1 Å². The fourth-order valence-electron chi connectivity index (χ4n) is 2.67. The molecule has 0 aliphatic heterocycles. The Morgan fingerprint density at radius 1 is 1.00 bits per heavy atom. The molecule has 96 valence electrons. The molecule has 1 heteroatoms. The van der Waals surface area contributed by atoms with Crippen molar-refractivity contribution in [3.8, 4) is 0 Å². The van der Waals surface area contributed by atoms with E-state index in [1.807, 2.05) is 0 Å². The van der Waals surface area contributed by atoms with Crippen LogP contribution in [0.25, 0.3) is 11.1 Å². The molecular weight excluding hydrogens is 230 g/mol. The molecule has 1 heterocycles. The van der Waals surface area contributed by atoms with Crippen molar-refractivity contribution in [1.82, 2.24) is 4.98 Å². The van der Waals surface area contributed by atoms with Crippen molar-refractivity contribution in [2.24, 2.45) is 0 Å². The zero-order chi connectivity index (χ0) is 13.2. The minimum atomic E-state index is 1.14. The molecule has 1 aliphatic carbocycles. The zero-order valence-corrected chi connectivity index (χ0v) is 11.5. The molecule has 2 aromatic rings. The van der Waals surface area contributed by atoms with Crippen molar-refractivity contribution >= 4 is 11.1 Å². The van der Waals surface area contributed by atoms with Crippen molar-refractivity contribution in [3.63, 3.8) is 0 Å². The van der Waals surface area contributed by atoms with Crippen LogP contribution in [0.4, 0.5) is 0 Å². The maximum Gasteiger partial charge on any atom is 0.0456 e. The number of hydrogen-bond donors (Lipinski definition) is 1. The molecule has 1 aromatic heterocycles. The average Bonchev–Trinajstić information content (AvgIpc) is 2.87. The number of aryl methyl sites for hydroxylation is 1. The van der Waals surface area contributed by atoms with E-state index in [2.05, 4.69) is 67.5 Å². The van der Waals surface area contributed by atoms with Gasteiger partial charge in [-0.1, -0.05) is 35.9 Å². The van der Waals surface area contributed by atoms with Crippen LogP contribution in [0.1, 0.15) is 36.6 Å². The largest absolute Gasteiger partial charge is 0.361 e. The topological polar surface area (TPSA) is 15.8 Å². The number of rotatable bonds is 2. The lowest BCUT2D eigenvalue weighted by Crippen LogP contribution is -1.97. The average molecular weight is 249 g/mol. The van der Waals surface area contributed by atoms with Gasteiger partial charge in [0.25, 0.3) is 0 Å². The van der Waals surface area contributed by atoms with Gasteiger partial charge < -0.3 is 4.98 Å². The molecule has 0 saturated heterocycles. The van der Waals surface area contributed by atoms with Crippen molar-refractivity contribution in [1.29, 1.82) is 0 Å². The Bertz CT molecular complexity index is 641. The van der Waals surface area contributed by atoms with Gasteiger partial charge >= 0.3 is 0 Å². The van der Waals surface area contributed by atoms with Gasteiger partial charge in [0.1, 0.15) is 0 Å². The highest BCUT2D eigenvalue weighted by atomic mass is 14.7. The first-order valence-electron chi connectivity index (χ1n) is 6.85. The Kier molecular flexibility index (Phi) is 3.12. The van der Waals surface area contributed by atoms with Crippen LogP contribution >= 0.6 is 0 Å². The highest BCUT2D eigenvalue weighted by Crippen LogP contribution is 2.34. The zero-order valence-electron chi connectivity index (χ0n) is 11.5. The molecule has 0 amide bonds. The van der Waals surface area contributed by atoms with Crippen LogP contribution in [0.5, 0.6) is 0 Å². The smallest absolute Gasteiger partial charge is 0.0456 e. The van der Waals surface area contributed by atoms with E-state index in [9.17, 15) is 0 Å². The summed E-state index contributed by atoms with van der Waals surface area (Å²) in [5.41, 5.74) is 8.14. The van der Waals surface area contributed by atoms with E-state index in [-0.39, 0.29) is 0 Å². The quantitative estimate of drug-likeness (QED) is 0.773. The van der Waals surface area contributed by atoms with Crippen molar-refractivity contribution in [2.75, 3.05) is 0 Å². The summed E-state index contributed by atoms with van der Waals surface area (Å²) in [5.74, 6) is 0. The summed E-state index contributed by atoms with van der Waals surface area (Å²) in [5, 5.41) is 0. The first-order chi connectivity index (χ1) is 9.24. The predicted octanol–water partition coefficient (Wildman–Crippen LogP) is 4.97. The molecule has 0 spiro atoms. The first kappa shape index (κ1) is 12.0. The van der Waals surface area contributed by atoms with Crippen LogP contribution in [0.2, 0.25) is 0 Å². The van der Waals surface area contributed by atoms with E-state index in [1.54, 1.807) is 0 Å². The summed E-state index contributed by atoms with van der Waals surface area (Å²) in [6.45, 7) is 4.37. The Hall–Kier alpha value is -2.02. The van der Waals surface area contributed by atoms with Gasteiger partial charge in [-0.3, -0.25) is 0 Å². The van der Waals surface area contributed by atoms with E-state index < -0.39 is 0 Å². The molecule has 0 bridgehead atoms. The third kappa shape index (κ3) is 2.41. The predicted molar refractivity (Wildman–Crippen MR) is 81.8 cm³/mol. The fraction of sp³-hybridized carbons (Fsp3) is 0.222. The SMILES string of the molecule is CC1=C(c2cc(C)c[nH]2)C=C(c2ccccc2)CC1. The Balaban J connectivity index is 2.02. The molecule has 1 nitrogen and oxygen atoms in total.